The summed E-state index contributed by atoms with van der Waals surface area (Å²) in [5.41, 5.74) is 0.511. The van der Waals surface area contributed by atoms with Crippen LogP contribution in [0.25, 0.3) is 0 Å². The third kappa shape index (κ3) is 9.30. The van der Waals surface area contributed by atoms with E-state index in [1.165, 1.54) is 0 Å². The van der Waals surface area contributed by atoms with Gasteiger partial charge in [0.2, 0.25) is 0 Å². The first-order valence-corrected chi connectivity index (χ1v) is 8.22. The highest BCUT2D eigenvalue weighted by molar-refractivity contribution is 5.73. The van der Waals surface area contributed by atoms with Gasteiger partial charge in [-0.05, 0) is 40.2 Å². The van der Waals surface area contributed by atoms with Crippen LogP contribution in [0.15, 0.2) is 30.3 Å². The van der Waals surface area contributed by atoms with E-state index >= 15 is 0 Å². The Morgan fingerprint density at radius 2 is 1.54 bits per heavy atom. The van der Waals surface area contributed by atoms with Crippen LogP contribution in [0.3, 0.4) is 0 Å². The van der Waals surface area contributed by atoms with Crippen LogP contribution in [0.4, 0.5) is 0 Å². The third-order valence-electron chi connectivity index (χ3n) is 3.04. The molecule has 134 valence electrons. The van der Waals surface area contributed by atoms with E-state index in [9.17, 15) is 9.59 Å². The molecule has 0 unspecified atom stereocenters. The molecule has 0 saturated heterocycles. The predicted molar refractivity (Wildman–Crippen MR) is 91.3 cm³/mol. The van der Waals surface area contributed by atoms with Crippen molar-refractivity contribution >= 4 is 11.9 Å². The van der Waals surface area contributed by atoms with E-state index in [1.54, 1.807) is 27.7 Å². The zero-order chi connectivity index (χ0) is 18.2. The van der Waals surface area contributed by atoms with E-state index in [0.717, 1.165) is 5.56 Å². The zero-order valence-corrected chi connectivity index (χ0v) is 15.2. The molecular formula is C19H28O5. The van der Waals surface area contributed by atoms with Crippen LogP contribution in [0.1, 0.15) is 53.0 Å². The first-order valence-electron chi connectivity index (χ1n) is 8.22. The summed E-state index contributed by atoms with van der Waals surface area (Å²) in [6.07, 6.45) is -0.589. The second-order valence-electron chi connectivity index (χ2n) is 6.90. The van der Waals surface area contributed by atoms with Gasteiger partial charge in [0.05, 0.1) is 25.6 Å². The van der Waals surface area contributed by atoms with Gasteiger partial charge in [-0.2, -0.15) is 0 Å². The minimum absolute atomic E-state index is 0.0439. The molecule has 0 radical (unpaired) electrons. The highest BCUT2D eigenvalue weighted by atomic mass is 16.6. The summed E-state index contributed by atoms with van der Waals surface area (Å²) in [6, 6.07) is 9.75. The van der Waals surface area contributed by atoms with Gasteiger partial charge in [0.15, 0.2) is 0 Å². The highest BCUT2D eigenvalue weighted by Gasteiger charge is 2.21. The molecular weight excluding hydrogens is 308 g/mol. The summed E-state index contributed by atoms with van der Waals surface area (Å²) in [5.74, 6) is -0.761. The van der Waals surface area contributed by atoms with E-state index in [0.29, 0.717) is 6.61 Å². The Kier molecular flexibility index (Phi) is 7.92. The molecule has 0 aliphatic heterocycles. The zero-order valence-electron chi connectivity index (χ0n) is 15.2. The predicted octanol–water partition coefficient (Wildman–Crippen LogP) is 3.65. The maximum atomic E-state index is 11.9. The molecule has 5 nitrogen and oxygen atoms in total. The first-order chi connectivity index (χ1) is 11.2. The molecule has 0 saturated carbocycles. The topological polar surface area (TPSA) is 61.8 Å². The van der Waals surface area contributed by atoms with Crippen molar-refractivity contribution < 1.29 is 23.8 Å². The lowest BCUT2D eigenvalue weighted by molar-refractivity contribution is -0.161. The number of hydrogen-bond acceptors (Lipinski definition) is 5. The van der Waals surface area contributed by atoms with Crippen LogP contribution < -0.4 is 0 Å². The quantitative estimate of drug-likeness (QED) is 0.678. The first kappa shape index (κ1) is 20.2. The van der Waals surface area contributed by atoms with Gasteiger partial charge in [-0.1, -0.05) is 30.3 Å². The van der Waals surface area contributed by atoms with Crippen molar-refractivity contribution in [3.05, 3.63) is 35.9 Å². The van der Waals surface area contributed by atoms with E-state index in [2.05, 4.69) is 0 Å². The molecule has 0 bridgehead atoms. The molecule has 5 heteroatoms. The van der Waals surface area contributed by atoms with Gasteiger partial charge < -0.3 is 14.2 Å². The average Bonchev–Trinajstić information content (AvgIpc) is 2.43. The van der Waals surface area contributed by atoms with Crippen LogP contribution in [-0.2, 0) is 30.4 Å². The van der Waals surface area contributed by atoms with Crippen molar-refractivity contribution in [2.24, 2.45) is 0 Å². The molecule has 0 aliphatic carbocycles. The summed E-state index contributed by atoms with van der Waals surface area (Å²) >= 11 is 0. The molecule has 1 rings (SSSR count). The van der Waals surface area contributed by atoms with Crippen LogP contribution in [0.5, 0.6) is 0 Å². The fourth-order valence-corrected chi connectivity index (χ4v) is 2.04. The molecule has 0 aliphatic rings. The Hall–Kier alpha value is -1.88. The van der Waals surface area contributed by atoms with E-state index in [-0.39, 0.29) is 30.9 Å². The molecule has 24 heavy (non-hydrogen) atoms. The second kappa shape index (κ2) is 9.42. The number of esters is 2. The number of hydrogen-bond donors (Lipinski definition) is 0. The SMILES string of the molecule is C[C@H](CC(=O)OC(C)(C)C)OC(=O)C[C@H](C)OCc1ccccc1. The normalized spacial score (nSPS) is 13.9. The Morgan fingerprint density at radius 1 is 0.958 bits per heavy atom. The minimum atomic E-state index is -0.541. The van der Waals surface area contributed by atoms with Crippen molar-refractivity contribution in [3.63, 3.8) is 0 Å². The van der Waals surface area contributed by atoms with Gasteiger partial charge in [0, 0.05) is 0 Å². The van der Waals surface area contributed by atoms with Crippen LogP contribution >= 0.6 is 0 Å². The fraction of sp³-hybridized carbons (Fsp3) is 0.579. The molecule has 1 aromatic carbocycles. The number of carbonyl (C=O) groups is 2. The minimum Gasteiger partial charge on any atom is -0.462 e. The largest absolute Gasteiger partial charge is 0.462 e. The summed E-state index contributed by atoms with van der Waals surface area (Å²) in [4.78, 5) is 23.6. The summed E-state index contributed by atoms with van der Waals surface area (Å²) in [6.45, 7) is 9.34. The molecule has 0 heterocycles. The lowest BCUT2D eigenvalue weighted by atomic mass is 10.2. The van der Waals surface area contributed by atoms with E-state index in [4.69, 9.17) is 14.2 Å². The Bertz CT molecular complexity index is 518. The molecule has 0 spiro atoms. The van der Waals surface area contributed by atoms with Gasteiger partial charge in [0.1, 0.15) is 11.7 Å². The van der Waals surface area contributed by atoms with Gasteiger partial charge in [0.25, 0.3) is 0 Å². The fourth-order valence-electron chi connectivity index (χ4n) is 2.04. The Morgan fingerprint density at radius 3 is 2.12 bits per heavy atom. The molecule has 1 aromatic rings. The Labute approximate surface area is 144 Å². The summed E-state index contributed by atoms with van der Waals surface area (Å²) < 4.78 is 16.1. The number of carbonyl (C=O) groups excluding carboxylic acids is 2. The van der Waals surface area contributed by atoms with Gasteiger partial charge in [-0.25, -0.2) is 0 Å². The van der Waals surface area contributed by atoms with Crippen molar-refractivity contribution in [2.45, 2.75) is 71.9 Å². The number of rotatable bonds is 8. The molecule has 0 aromatic heterocycles. The van der Waals surface area contributed by atoms with Crippen LogP contribution in [0.2, 0.25) is 0 Å². The van der Waals surface area contributed by atoms with Gasteiger partial charge in [-0.15, -0.1) is 0 Å². The lowest BCUT2D eigenvalue weighted by Gasteiger charge is -2.21. The third-order valence-corrected chi connectivity index (χ3v) is 3.04. The maximum Gasteiger partial charge on any atom is 0.310 e. The highest BCUT2D eigenvalue weighted by Crippen LogP contribution is 2.12. The number of benzene rings is 1. The van der Waals surface area contributed by atoms with Crippen LogP contribution in [-0.4, -0.2) is 29.7 Å². The Balaban J connectivity index is 2.27. The van der Waals surface area contributed by atoms with E-state index in [1.807, 2.05) is 37.3 Å². The molecule has 0 fully saturated rings. The summed E-state index contributed by atoms with van der Waals surface area (Å²) in [5, 5.41) is 0. The average molecular weight is 336 g/mol. The van der Waals surface area contributed by atoms with Crippen LogP contribution in [0, 0.1) is 0 Å². The maximum absolute atomic E-state index is 11.9. The molecule has 2 atom stereocenters. The standard InChI is InChI=1S/C19H28O5/c1-14(22-13-16-9-7-6-8-10-16)11-17(20)23-15(2)12-18(21)24-19(3,4)5/h6-10,14-15H,11-13H2,1-5H3/t14-,15+/m0/s1. The second-order valence-corrected chi connectivity index (χ2v) is 6.90. The number of ether oxygens (including phenoxy) is 3. The molecule has 0 N–H and O–H groups in total. The van der Waals surface area contributed by atoms with Gasteiger partial charge in [-0.3, -0.25) is 9.59 Å². The lowest BCUT2D eigenvalue weighted by Crippen LogP contribution is -2.28. The smallest absolute Gasteiger partial charge is 0.310 e. The van der Waals surface area contributed by atoms with Crippen molar-refractivity contribution in [2.75, 3.05) is 0 Å². The summed E-state index contributed by atoms with van der Waals surface area (Å²) in [7, 11) is 0. The monoisotopic (exact) mass is 336 g/mol. The van der Waals surface area contributed by atoms with Crippen molar-refractivity contribution in [3.8, 4) is 0 Å². The van der Waals surface area contributed by atoms with Gasteiger partial charge >= 0.3 is 11.9 Å². The van der Waals surface area contributed by atoms with Crippen molar-refractivity contribution in [1.82, 2.24) is 0 Å². The molecule has 0 amide bonds. The van der Waals surface area contributed by atoms with E-state index < -0.39 is 11.7 Å². The van der Waals surface area contributed by atoms with Crippen molar-refractivity contribution in [1.29, 1.82) is 0 Å².